The number of piperidine rings is 1. The standard InChI is InChI=1S/C7H14N2O/c8-6(3-10)7-4-1-9-2-5(4)7/h4-7,9-10H,1-3,8H2/t4-,5+,6-,7?/m0/s1. The highest BCUT2D eigenvalue weighted by molar-refractivity contribution is 5.07. The van der Waals surface area contributed by atoms with E-state index in [0.29, 0.717) is 5.92 Å². The normalized spacial score (nSPS) is 46.8. The highest BCUT2D eigenvalue weighted by Gasteiger charge is 2.54. The van der Waals surface area contributed by atoms with Crippen LogP contribution in [-0.2, 0) is 0 Å². The zero-order valence-corrected chi connectivity index (χ0v) is 5.96. The quantitative estimate of drug-likeness (QED) is 0.452. The van der Waals surface area contributed by atoms with Crippen LogP contribution in [0.1, 0.15) is 0 Å². The van der Waals surface area contributed by atoms with E-state index in [-0.39, 0.29) is 12.6 Å². The lowest BCUT2D eigenvalue weighted by molar-refractivity contribution is 0.244. The van der Waals surface area contributed by atoms with Gasteiger partial charge in [0, 0.05) is 6.04 Å². The molecule has 1 saturated carbocycles. The molecule has 1 unspecified atom stereocenters. The van der Waals surface area contributed by atoms with Crippen molar-refractivity contribution < 1.29 is 5.11 Å². The Hall–Kier alpha value is -0.120. The van der Waals surface area contributed by atoms with Crippen LogP contribution in [0.25, 0.3) is 0 Å². The molecule has 1 aliphatic carbocycles. The Morgan fingerprint density at radius 1 is 1.50 bits per heavy atom. The minimum Gasteiger partial charge on any atom is -0.395 e. The maximum absolute atomic E-state index is 8.75. The monoisotopic (exact) mass is 142 g/mol. The molecule has 4 N–H and O–H groups in total. The zero-order chi connectivity index (χ0) is 7.14. The van der Waals surface area contributed by atoms with Gasteiger partial charge in [-0.1, -0.05) is 0 Å². The van der Waals surface area contributed by atoms with Crippen LogP contribution in [0.2, 0.25) is 0 Å². The summed E-state index contributed by atoms with van der Waals surface area (Å²) < 4.78 is 0. The summed E-state index contributed by atoms with van der Waals surface area (Å²) in [6.07, 6.45) is 0. The van der Waals surface area contributed by atoms with Gasteiger partial charge in [0.15, 0.2) is 0 Å². The minimum absolute atomic E-state index is 0.0390. The zero-order valence-electron chi connectivity index (χ0n) is 5.96. The average molecular weight is 142 g/mol. The molecular formula is C7H14N2O. The summed E-state index contributed by atoms with van der Waals surface area (Å²) >= 11 is 0. The molecule has 0 aromatic heterocycles. The predicted octanol–water partition coefficient (Wildman–Crippen LogP) is -1.23. The Kier molecular flexibility index (Phi) is 1.44. The van der Waals surface area contributed by atoms with Crippen molar-refractivity contribution in [2.75, 3.05) is 19.7 Å². The average Bonchev–Trinajstić information content (AvgIpc) is 2.43. The maximum Gasteiger partial charge on any atom is 0.0585 e. The topological polar surface area (TPSA) is 58.3 Å². The summed E-state index contributed by atoms with van der Waals surface area (Å²) in [5, 5.41) is 12.0. The van der Waals surface area contributed by atoms with Gasteiger partial charge in [0.05, 0.1) is 6.61 Å². The summed E-state index contributed by atoms with van der Waals surface area (Å²) in [6.45, 7) is 2.38. The van der Waals surface area contributed by atoms with Crippen LogP contribution in [0.4, 0.5) is 0 Å². The molecule has 10 heavy (non-hydrogen) atoms. The van der Waals surface area contributed by atoms with E-state index in [0.717, 1.165) is 24.9 Å². The van der Waals surface area contributed by atoms with Crippen LogP contribution in [0.5, 0.6) is 0 Å². The SMILES string of the molecule is N[C@@H](CO)C1[C@H]2CNC[C@@H]12. The van der Waals surface area contributed by atoms with Crippen LogP contribution in [-0.4, -0.2) is 30.8 Å². The van der Waals surface area contributed by atoms with E-state index in [2.05, 4.69) is 5.32 Å². The number of fused-ring (bicyclic) bond motifs is 1. The van der Waals surface area contributed by atoms with Crippen molar-refractivity contribution in [3.05, 3.63) is 0 Å². The molecule has 0 amide bonds. The summed E-state index contributed by atoms with van der Waals surface area (Å²) in [7, 11) is 0. The molecule has 1 saturated heterocycles. The molecule has 2 fully saturated rings. The maximum atomic E-state index is 8.75. The van der Waals surface area contributed by atoms with Crippen LogP contribution in [0.15, 0.2) is 0 Å². The van der Waals surface area contributed by atoms with E-state index in [1.165, 1.54) is 0 Å². The Morgan fingerprint density at radius 2 is 2.10 bits per heavy atom. The molecule has 1 aliphatic heterocycles. The fourth-order valence-corrected chi connectivity index (χ4v) is 2.22. The Morgan fingerprint density at radius 3 is 2.60 bits per heavy atom. The number of rotatable bonds is 2. The molecule has 0 aromatic carbocycles. The Labute approximate surface area is 60.6 Å². The molecule has 4 atom stereocenters. The van der Waals surface area contributed by atoms with Crippen molar-refractivity contribution in [2.24, 2.45) is 23.5 Å². The van der Waals surface area contributed by atoms with Gasteiger partial charge in [-0.05, 0) is 30.8 Å². The first-order chi connectivity index (χ1) is 4.84. The van der Waals surface area contributed by atoms with Gasteiger partial charge < -0.3 is 16.2 Å². The Balaban J connectivity index is 1.88. The molecule has 0 bridgehead atoms. The lowest BCUT2D eigenvalue weighted by Gasteiger charge is -2.09. The predicted molar refractivity (Wildman–Crippen MR) is 38.4 cm³/mol. The van der Waals surface area contributed by atoms with E-state index in [1.54, 1.807) is 0 Å². The van der Waals surface area contributed by atoms with Gasteiger partial charge >= 0.3 is 0 Å². The Bertz CT molecular complexity index is 127. The molecule has 0 radical (unpaired) electrons. The number of hydrogen-bond donors (Lipinski definition) is 3. The van der Waals surface area contributed by atoms with Crippen molar-refractivity contribution in [2.45, 2.75) is 6.04 Å². The van der Waals surface area contributed by atoms with E-state index in [1.807, 2.05) is 0 Å². The molecule has 2 aliphatic rings. The summed E-state index contributed by atoms with van der Waals surface area (Å²) in [5.41, 5.74) is 5.69. The first-order valence-electron chi connectivity index (χ1n) is 3.91. The van der Waals surface area contributed by atoms with Gasteiger partial charge in [-0.2, -0.15) is 0 Å². The van der Waals surface area contributed by atoms with Gasteiger partial charge in [0.1, 0.15) is 0 Å². The van der Waals surface area contributed by atoms with Crippen molar-refractivity contribution in [3.8, 4) is 0 Å². The fraction of sp³-hybridized carbons (Fsp3) is 1.00. The highest BCUT2D eigenvalue weighted by atomic mass is 16.3. The highest BCUT2D eigenvalue weighted by Crippen LogP contribution is 2.49. The summed E-state index contributed by atoms with van der Waals surface area (Å²) in [6, 6.07) is 0.0390. The van der Waals surface area contributed by atoms with E-state index in [4.69, 9.17) is 10.8 Å². The third-order valence-corrected chi connectivity index (χ3v) is 2.86. The van der Waals surface area contributed by atoms with Crippen molar-refractivity contribution in [1.29, 1.82) is 0 Å². The van der Waals surface area contributed by atoms with Gasteiger partial charge in [0.2, 0.25) is 0 Å². The third kappa shape index (κ3) is 0.779. The van der Waals surface area contributed by atoms with Crippen LogP contribution in [0, 0.1) is 17.8 Å². The number of hydrogen-bond acceptors (Lipinski definition) is 3. The molecule has 2 rings (SSSR count). The molecule has 3 heteroatoms. The van der Waals surface area contributed by atoms with Crippen molar-refractivity contribution in [3.63, 3.8) is 0 Å². The van der Waals surface area contributed by atoms with Gasteiger partial charge in [-0.15, -0.1) is 0 Å². The molecule has 58 valence electrons. The lowest BCUT2D eigenvalue weighted by atomic mass is 10.1. The second kappa shape index (κ2) is 2.19. The van der Waals surface area contributed by atoms with E-state index >= 15 is 0 Å². The molecule has 0 aromatic rings. The summed E-state index contributed by atoms with van der Waals surface area (Å²) in [4.78, 5) is 0. The van der Waals surface area contributed by atoms with Crippen LogP contribution in [0.3, 0.4) is 0 Å². The first-order valence-corrected chi connectivity index (χ1v) is 3.91. The smallest absolute Gasteiger partial charge is 0.0585 e. The number of nitrogens with one attached hydrogen (secondary N) is 1. The lowest BCUT2D eigenvalue weighted by Crippen LogP contribution is -2.31. The molecule has 0 spiro atoms. The second-order valence-corrected chi connectivity index (χ2v) is 3.41. The second-order valence-electron chi connectivity index (χ2n) is 3.41. The number of aliphatic hydroxyl groups is 1. The molecule has 1 heterocycles. The number of nitrogens with two attached hydrogens (primary N) is 1. The van der Waals surface area contributed by atoms with E-state index < -0.39 is 0 Å². The largest absolute Gasteiger partial charge is 0.395 e. The summed E-state index contributed by atoms with van der Waals surface area (Å²) in [5.74, 6) is 2.18. The van der Waals surface area contributed by atoms with Crippen molar-refractivity contribution >= 4 is 0 Å². The van der Waals surface area contributed by atoms with Crippen LogP contribution < -0.4 is 11.1 Å². The fourth-order valence-electron chi connectivity index (χ4n) is 2.22. The van der Waals surface area contributed by atoms with Crippen molar-refractivity contribution in [1.82, 2.24) is 5.32 Å². The van der Waals surface area contributed by atoms with Crippen LogP contribution >= 0.6 is 0 Å². The minimum atomic E-state index is 0.0390. The first kappa shape index (κ1) is 6.58. The van der Waals surface area contributed by atoms with Gasteiger partial charge in [0.25, 0.3) is 0 Å². The molecule has 3 nitrogen and oxygen atoms in total. The van der Waals surface area contributed by atoms with Gasteiger partial charge in [-0.25, -0.2) is 0 Å². The number of aliphatic hydroxyl groups excluding tert-OH is 1. The molecular weight excluding hydrogens is 128 g/mol. The van der Waals surface area contributed by atoms with E-state index in [9.17, 15) is 0 Å². The third-order valence-electron chi connectivity index (χ3n) is 2.86. The van der Waals surface area contributed by atoms with Gasteiger partial charge in [-0.3, -0.25) is 0 Å².